The van der Waals surface area contributed by atoms with Crippen molar-refractivity contribution in [1.82, 2.24) is 10.2 Å². The van der Waals surface area contributed by atoms with E-state index in [9.17, 15) is 0 Å². The van der Waals surface area contributed by atoms with E-state index in [1.807, 2.05) is 0 Å². The van der Waals surface area contributed by atoms with Crippen molar-refractivity contribution >= 4 is 0 Å². The van der Waals surface area contributed by atoms with E-state index in [2.05, 4.69) is 48.5 Å². The number of nitrogens with one attached hydrogen (secondary N) is 1. The van der Waals surface area contributed by atoms with Crippen LogP contribution in [-0.4, -0.2) is 30.6 Å². The highest BCUT2D eigenvalue weighted by Crippen LogP contribution is 2.37. The molecule has 3 rings (SSSR count). The molecule has 1 aromatic rings. The van der Waals surface area contributed by atoms with E-state index in [-0.39, 0.29) is 0 Å². The Kier molecular flexibility index (Phi) is 4.42. The minimum Gasteiger partial charge on any atom is -0.312 e. The number of nitrogens with zero attached hydrogens (tertiary/aromatic N) is 1. The average Bonchev–Trinajstić information content (AvgIpc) is 2.87. The molecule has 2 heteroatoms. The molecular formula is C18H28N2. The molecule has 0 radical (unpaired) electrons. The Balaban J connectivity index is 1.82. The van der Waals surface area contributed by atoms with Crippen LogP contribution in [-0.2, 0) is 6.42 Å². The van der Waals surface area contributed by atoms with Gasteiger partial charge in [-0.05, 0) is 44.0 Å². The third-order valence-electron chi connectivity index (χ3n) is 5.35. The Morgan fingerprint density at radius 2 is 1.90 bits per heavy atom. The number of benzene rings is 1. The number of hydrogen-bond donors (Lipinski definition) is 1. The highest BCUT2D eigenvalue weighted by Gasteiger charge is 2.37. The van der Waals surface area contributed by atoms with Gasteiger partial charge in [0.25, 0.3) is 0 Å². The van der Waals surface area contributed by atoms with Crippen LogP contribution < -0.4 is 5.32 Å². The molecule has 0 amide bonds. The summed E-state index contributed by atoms with van der Waals surface area (Å²) in [5.41, 5.74) is 3.07. The average molecular weight is 272 g/mol. The zero-order valence-corrected chi connectivity index (χ0v) is 12.9. The van der Waals surface area contributed by atoms with E-state index in [0.29, 0.717) is 12.1 Å². The maximum atomic E-state index is 3.58. The predicted octanol–water partition coefficient (Wildman–Crippen LogP) is 3.53. The summed E-state index contributed by atoms with van der Waals surface area (Å²) in [6.07, 6.45) is 8.30. The summed E-state index contributed by atoms with van der Waals surface area (Å²) >= 11 is 0. The summed E-state index contributed by atoms with van der Waals surface area (Å²) in [7, 11) is 2.12. The van der Waals surface area contributed by atoms with Gasteiger partial charge in [-0.25, -0.2) is 0 Å². The van der Waals surface area contributed by atoms with E-state index >= 15 is 0 Å². The molecule has 0 bridgehead atoms. The monoisotopic (exact) mass is 272 g/mol. The Hall–Kier alpha value is -0.860. The van der Waals surface area contributed by atoms with Crippen molar-refractivity contribution in [1.29, 1.82) is 0 Å². The van der Waals surface area contributed by atoms with E-state index in [0.717, 1.165) is 6.04 Å². The molecule has 0 spiro atoms. The minimum atomic E-state index is 0.507. The molecule has 2 aliphatic rings. The highest BCUT2D eigenvalue weighted by atomic mass is 15.2. The molecule has 0 heterocycles. The molecule has 1 aromatic carbocycles. The van der Waals surface area contributed by atoms with E-state index in [1.54, 1.807) is 5.56 Å². The SMILES string of the molecule is CCN(C1CCCCC1)C1Cc2ccccc2C1NC. The molecule has 1 N–H and O–H groups in total. The number of fused-ring (bicyclic) bond motifs is 1. The fraction of sp³-hybridized carbons (Fsp3) is 0.667. The molecule has 0 aromatic heterocycles. The topological polar surface area (TPSA) is 15.3 Å². The fourth-order valence-corrected chi connectivity index (χ4v) is 4.41. The summed E-state index contributed by atoms with van der Waals surface area (Å²) in [4.78, 5) is 2.79. The second-order valence-corrected chi connectivity index (χ2v) is 6.36. The first kappa shape index (κ1) is 14.1. The van der Waals surface area contributed by atoms with Crippen LogP contribution in [0.2, 0.25) is 0 Å². The van der Waals surface area contributed by atoms with Crippen molar-refractivity contribution in [2.45, 2.75) is 63.6 Å². The molecule has 2 aliphatic carbocycles. The third kappa shape index (κ3) is 2.51. The third-order valence-corrected chi connectivity index (χ3v) is 5.35. The maximum Gasteiger partial charge on any atom is 0.0481 e. The zero-order chi connectivity index (χ0) is 13.9. The standard InChI is InChI=1S/C18H28N2/c1-3-20(15-10-5-4-6-11-15)17-13-14-9-7-8-12-16(14)18(17)19-2/h7-9,12,15,17-19H,3-6,10-11,13H2,1-2H3. The van der Waals surface area contributed by atoms with Crippen LogP contribution in [0, 0.1) is 0 Å². The van der Waals surface area contributed by atoms with Gasteiger partial charge in [0.2, 0.25) is 0 Å². The van der Waals surface area contributed by atoms with Crippen LogP contribution in [0.15, 0.2) is 24.3 Å². The smallest absolute Gasteiger partial charge is 0.0481 e. The minimum absolute atomic E-state index is 0.507. The van der Waals surface area contributed by atoms with Crippen LogP contribution in [0.3, 0.4) is 0 Å². The number of rotatable bonds is 4. The zero-order valence-electron chi connectivity index (χ0n) is 12.9. The van der Waals surface area contributed by atoms with Crippen molar-refractivity contribution < 1.29 is 0 Å². The normalized spacial score (nSPS) is 26.9. The number of hydrogen-bond acceptors (Lipinski definition) is 2. The quantitative estimate of drug-likeness (QED) is 0.902. The van der Waals surface area contributed by atoms with Crippen molar-refractivity contribution in [3.8, 4) is 0 Å². The van der Waals surface area contributed by atoms with Crippen LogP contribution >= 0.6 is 0 Å². The fourth-order valence-electron chi connectivity index (χ4n) is 4.41. The van der Waals surface area contributed by atoms with Crippen molar-refractivity contribution in [2.24, 2.45) is 0 Å². The Morgan fingerprint density at radius 3 is 2.60 bits per heavy atom. The second kappa shape index (κ2) is 6.28. The van der Waals surface area contributed by atoms with Gasteiger partial charge in [0.15, 0.2) is 0 Å². The van der Waals surface area contributed by atoms with E-state index in [1.165, 1.54) is 50.6 Å². The first-order valence-electron chi connectivity index (χ1n) is 8.36. The highest BCUT2D eigenvalue weighted by molar-refractivity contribution is 5.37. The largest absolute Gasteiger partial charge is 0.312 e. The first-order chi connectivity index (χ1) is 9.85. The van der Waals surface area contributed by atoms with Crippen LogP contribution in [0.4, 0.5) is 0 Å². The van der Waals surface area contributed by atoms with Gasteiger partial charge in [-0.2, -0.15) is 0 Å². The van der Waals surface area contributed by atoms with E-state index < -0.39 is 0 Å². The molecule has 0 aliphatic heterocycles. The van der Waals surface area contributed by atoms with E-state index in [4.69, 9.17) is 0 Å². The van der Waals surface area contributed by atoms with Gasteiger partial charge in [-0.15, -0.1) is 0 Å². The molecule has 1 fully saturated rings. The lowest BCUT2D eigenvalue weighted by atomic mass is 9.92. The molecular weight excluding hydrogens is 244 g/mol. The maximum absolute atomic E-state index is 3.58. The molecule has 2 unspecified atom stereocenters. The van der Waals surface area contributed by atoms with Crippen LogP contribution in [0.25, 0.3) is 0 Å². The van der Waals surface area contributed by atoms with Crippen molar-refractivity contribution in [3.63, 3.8) is 0 Å². The summed E-state index contributed by atoms with van der Waals surface area (Å²) in [6, 6.07) is 11.0. The molecule has 0 saturated heterocycles. The predicted molar refractivity (Wildman–Crippen MR) is 85.0 cm³/mol. The van der Waals surface area contributed by atoms with Crippen LogP contribution in [0.1, 0.15) is 56.2 Å². The second-order valence-electron chi connectivity index (χ2n) is 6.36. The Morgan fingerprint density at radius 1 is 1.15 bits per heavy atom. The first-order valence-corrected chi connectivity index (χ1v) is 8.36. The lowest BCUT2D eigenvalue weighted by Gasteiger charge is -2.40. The number of likely N-dealkylation sites (N-methyl/N-ethyl adjacent to an activating group) is 2. The van der Waals surface area contributed by atoms with Gasteiger partial charge in [0.1, 0.15) is 0 Å². The van der Waals surface area contributed by atoms with Gasteiger partial charge in [0.05, 0.1) is 0 Å². The van der Waals surface area contributed by atoms with Crippen molar-refractivity contribution in [2.75, 3.05) is 13.6 Å². The summed E-state index contributed by atoms with van der Waals surface area (Å²) in [6.45, 7) is 3.52. The summed E-state index contributed by atoms with van der Waals surface area (Å²) < 4.78 is 0. The van der Waals surface area contributed by atoms with Gasteiger partial charge < -0.3 is 5.32 Å². The van der Waals surface area contributed by atoms with Crippen LogP contribution in [0.5, 0.6) is 0 Å². The Bertz CT molecular complexity index is 437. The lowest BCUT2D eigenvalue weighted by Crippen LogP contribution is -2.48. The lowest BCUT2D eigenvalue weighted by molar-refractivity contribution is 0.0945. The summed E-state index contributed by atoms with van der Waals surface area (Å²) in [5.74, 6) is 0. The van der Waals surface area contributed by atoms with Gasteiger partial charge in [0, 0.05) is 18.1 Å². The van der Waals surface area contributed by atoms with Gasteiger partial charge in [-0.3, -0.25) is 4.90 Å². The molecule has 1 saturated carbocycles. The molecule has 20 heavy (non-hydrogen) atoms. The molecule has 2 nitrogen and oxygen atoms in total. The molecule has 110 valence electrons. The van der Waals surface area contributed by atoms with Crippen molar-refractivity contribution in [3.05, 3.63) is 35.4 Å². The Labute approximate surface area is 123 Å². The molecule has 2 atom stereocenters. The van der Waals surface area contributed by atoms with Gasteiger partial charge >= 0.3 is 0 Å². The van der Waals surface area contributed by atoms with Gasteiger partial charge in [-0.1, -0.05) is 50.5 Å². The summed E-state index contributed by atoms with van der Waals surface area (Å²) in [5, 5.41) is 3.58.